The number of hydrogen-bond donors (Lipinski definition) is 1. The van der Waals surface area contributed by atoms with E-state index in [-0.39, 0.29) is 15.6 Å². The second kappa shape index (κ2) is 5.05. The molecule has 2 rings (SSSR count). The Balaban J connectivity index is 2.66. The second-order valence-electron chi connectivity index (χ2n) is 4.28. The summed E-state index contributed by atoms with van der Waals surface area (Å²) in [6.07, 6.45) is 1.55. The van der Waals surface area contributed by atoms with Gasteiger partial charge >= 0.3 is 0 Å². The van der Waals surface area contributed by atoms with Crippen molar-refractivity contribution in [1.29, 1.82) is 0 Å². The Morgan fingerprint density at radius 1 is 1.37 bits per heavy atom. The molecule has 0 aliphatic rings. The highest BCUT2D eigenvalue weighted by molar-refractivity contribution is 9.10. The predicted octanol–water partition coefficient (Wildman–Crippen LogP) is 3.88. The van der Waals surface area contributed by atoms with Gasteiger partial charge < -0.3 is 5.11 Å². The van der Waals surface area contributed by atoms with E-state index in [1.165, 1.54) is 17.7 Å². The largest absolute Gasteiger partial charge is 0.379 e. The van der Waals surface area contributed by atoms with Gasteiger partial charge in [0.2, 0.25) is 0 Å². The van der Waals surface area contributed by atoms with Crippen molar-refractivity contribution in [1.82, 2.24) is 9.78 Å². The molecule has 0 amide bonds. The lowest BCUT2D eigenvalue weighted by Gasteiger charge is -2.26. The fraction of sp³-hybridized carbons (Fsp3) is 0.250. The summed E-state index contributed by atoms with van der Waals surface area (Å²) in [6.45, 7) is 1.52. The average molecular weight is 368 g/mol. The van der Waals surface area contributed by atoms with Crippen molar-refractivity contribution in [3.05, 3.63) is 49.9 Å². The van der Waals surface area contributed by atoms with E-state index in [9.17, 15) is 9.50 Å². The molecule has 3 nitrogen and oxygen atoms in total. The Hall–Kier alpha value is -0.620. The molecule has 0 fully saturated rings. The number of hydrogen-bond acceptors (Lipinski definition) is 2. The molecule has 2 aromatic rings. The molecule has 0 radical (unpaired) electrons. The summed E-state index contributed by atoms with van der Waals surface area (Å²) < 4.78 is 15.7. The molecule has 1 heterocycles. The Labute approximate surface area is 128 Å². The summed E-state index contributed by atoms with van der Waals surface area (Å²) in [6, 6.07) is 2.40. The van der Waals surface area contributed by atoms with Crippen molar-refractivity contribution in [3.63, 3.8) is 0 Å². The van der Waals surface area contributed by atoms with Crippen LogP contribution in [0.5, 0.6) is 0 Å². The maximum atomic E-state index is 13.6. The first-order chi connectivity index (χ1) is 8.75. The molecule has 1 N–H and O–H groups in total. The van der Waals surface area contributed by atoms with Gasteiger partial charge in [-0.05, 0) is 35.0 Å². The van der Waals surface area contributed by atoms with Gasteiger partial charge in [0.1, 0.15) is 11.4 Å². The quantitative estimate of drug-likeness (QED) is 0.818. The van der Waals surface area contributed by atoms with Crippen LogP contribution in [0.2, 0.25) is 10.0 Å². The molecule has 0 saturated carbocycles. The third-order valence-corrected chi connectivity index (χ3v) is 4.07. The van der Waals surface area contributed by atoms with Gasteiger partial charge in [-0.2, -0.15) is 5.10 Å². The molecule has 1 unspecified atom stereocenters. The summed E-state index contributed by atoms with van der Waals surface area (Å²) in [5.74, 6) is -0.639. The van der Waals surface area contributed by atoms with E-state index in [1.807, 2.05) is 0 Å². The van der Waals surface area contributed by atoms with Crippen LogP contribution in [0.25, 0.3) is 0 Å². The molecule has 1 aromatic heterocycles. The van der Waals surface area contributed by atoms with Crippen molar-refractivity contribution < 1.29 is 9.50 Å². The van der Waals surface area contributed by atoms with Gasteiger partial charge in [-0.3, -0.25) is 4.68 Å². The Morgan fingerprint density at radius 3 is 2.53 bits per heavy atom. The van der Waals surface area contributed by atoms with Crippen molar-refractivity contribution >= 4 is 39.1 Å². The van der Waals surface area contributed by atoms with Crippen LogP contribution in [-0.2, 0) is 12.6 Å². The van der Waals surface area contributed by atoms with Crippen LogP contribution in [0.4, 0.5) is 4.39 Å². The van der Waals surface area contributed by atoms with E-state index in [0.29, 0.717) is 10.2 Å². The monoisotopic (exact) mass is 366 g/mol. The fourth-order valence-electron chi connectivity index (χ4n) is 1.98. The van der Waals surface area contributed by atoms with E-state index in [0.717, 1.165) is 6.07 Å². The first kappa shape index (κ1) is 14.8. The molecule has 1 atom stereocenters. The number of aliphatic hydroxyl groups is 1. The predicted molar refractivity (Wildman–Crippen MR) is 76.0 cm³/mol. The molecule has 0 spiro atoms. The first-order valence-corrected chi connectivity index (χ1v) is 6.85. The molecule has 0 aliphatic heterocycles. The third-order valence-electron chi connectivity index (χ3n) is 2.89. The Morgan fingerprint density at radius 2 is 2.00 bits per heavy atom. The fourth-order valence-corrected chi connectivity index (χ4v) is 3.28. The van der Waals surface area contributed by atoms with Crippen LogP contribution < -0.4 is 0 Å². The Kier molecular flexibility index (Phi) is 3.93. The van der Waals surface area contributed by atoms with Crippen molar-refractivity contribution in [2.75, 3.05) is 0 Å². The average Bonchev–Trinajstić information content (AvgIpc) is 2.64. The van der Waals surface area contributed by atoms with E-state index in [1.54, 1.807) is 13.2 Å². The van der Waals surface area contributed by atoms with Crippen LogP contribution >= 0.6 is 39.1 Å². The smallest absolute Gasteiger partial charge is 0.142 e. The summed E-state index contributed by atoms with van der Waals surface area (Å²) in [5.41, 5.74) is -0.816. The normalized spacial score (nSPS) is 14.5. The van der Waals surface area contributed by atoms with Gasteiger partial charge in [0.25, 0.3) is 0 Å². The van der Waals surface area contributed by atoms with Crippen LogP contribution in [0, 0.1) is 5.82 Å². The lowest BCUT2D eigenvalue weighted by atomic mass is 9.92. The van der Waals surface area contributed by atoms with Gasteiger partial charge in [0.05, 0.1) is 21.4 Å². The van der Waals surface area contributed by atoms with E-state index in [2.05, 4.69) is 21.0 Å². The lowest BCUT2D eigenvalue weighted by molar-refractivity contribution is 0.0918. The number of benzene rings is 1. The van der Waals surface area contributed by atoms with Gasteiger partial charge in [0.15, 0.2) is 0 Å². The highest BCUT2D eigenvalue weighted by Gasteiger charge is 2.34. The summed E-state index contributed by atoms with van der Waals surface area (Å²) in [4.78, 5) is 0. The van der Waals surface area contributed by atoms with Crippen LogP contribution in [0.15, 0.2) is 22.8 Å². The van der Waals surface area contributed by atoms with Crippen LogP contribution in [0.1, 0.15) is 18.2 Å². The molecule has 7 heteroatoms. The molecule has 19 heavy (non-hydrogen) atoms. The van der Waals surface area contributed by atoms with Crippen LogP contribution in [0.3, 0.4) is 0 Å². The van der Waals surface area contributed by atoms with Crippen molar-refractivity contribution in [3.8, 4) is 0 Å². The number of rotatable bonds is 2. The Bertz CT molecular complexity index is 623. The summed E-state index contributed by atoms with van der Waals surface area (Å²) in [7, 11) is 1.68. The SMILES string of the molecule is Cn1ncc(Br)c1C(C)(O)c1cc(F)c(Cl)cc1Cl. The second-order valence-corrected chi connectivity index (χ2v) is 5.95. The third kappa shape index (κ3) is 2.52. The number of aromatic nitrogens is 2. The lowest BCUT2D eigenvalue weighted by Crippen LogP contribution is -2.27. The highest BCUT2D eigenvalue weighted by Crippen LogP contribution is 2.38. The van der Waals surface area contributed by atoms with E-state index >= 15 is 0 Å². The minimum atomic E-state index is -1.51. The first-order valence-electron chi connectivity index (χ1n) is 5.30. The maximum absolute atomic E-state index is 13.6. The van der Waals surface area contributed by atoms with E-state index in [4.69, 9.17) is 23.2 Å². The summed E-state index contributed by atoms with van der Waals surface area (Å²) in [5, 5.41) is 14.8. The number of halogens is 4. The molecular formula is C12H10BrCl2FN2O. The molecule has 102 valence electrons. The van der Waals surface area contributed by atoms with Crippen molar-refractivity contribution in [2.45, 2.75) is 12.5 Å². The maximum Gasteiger partial charge on any atom is 0.142 e. The topological polar surface area (TPSA) is 38.0 Å². The standard InChI is InChI=1S/C12H10BrCl2FN2O/c1-12(19,11-7(13)5-17-18(11)2)6-3-10(16)9(15)4-8(6)14/h3-5,19H,1-2H3. The van der Waals surface area contributed by atoms with Gasteiger partial charge in [0, 0.05) is 17.6 Å². The summed E-state index contributed by atoms with van der Waals surface area (Å²) >= 11 is 15.0. The number of aryl methyl sites for hydroxylation is 1. The minimum absolute atomic E-state index is 0.0892. The zero-order chi connectivity index (χ0) is 14.4. The zero-order valence-electron chi connectivity index (χ0n) is 10.1. The minimum Gasteiger partial charge on any atom is -0.379 e. The van der Waals surface area contributed by atoms with Gasteiger partial charge in [-0.25, -0.2) is 4.39 Å². The molecule has 0 bridgehead atoms. The number of nitrogens with zero attached hydrogens (tertiary/aromatic N) is 2. The van der Waals surface area contributed by atoms with Crippen LogP contribution in [-0.4, -0.2) is 14.9 Å². The van der Waals surface area contributed by atoms with Gasteiger partial charge in [-0.15, -0.1) is 0 Å². The molecule has 0 saturated heterocycles. The van der Waals surface area contributed by atoms with Crippen molar-refractivity contribution in [2.24, 2.45) is 7.05 Å². The highest BCUT2D eigenvalue weighted by atomic mass is 79.9. The van der Waals surface area contributed by atoms with Gasteiger partial charge in [-0.1, -0.05) is 23.2 Å². The zero-order valence-corrected chi connectivity index (χ0v) is 13.2. The molecule has 1 aromatic carbocycles. The molecule has 0 aliphatic carbocycles. The van der Waals surface area contributed by atoms with E-state index < -0.39 is 11.4 Å². The molecular weight excluding hydrogens is 358 g/mol.